The summed E-state index contributed by atoms with van der Waals surface area (Å²) in [7, 11) is 0. The molecule has 1 N–H and O–H groups in total. The van der Waals surface area contributed by atoms with Gasteiger partial charge in [0, 0.05) is 12.8 Å². The molecule has 0 radical (unpaired) electrons. The van der Waals surface area contributed by atoms with Gasteiger partial charge in [-0.3, -0.25) is 0 Å². The van der Waals surface area contributed by atoms with Crippen LogP contribution in [0.1, 0.15) is 31.9 Å². The van der Waals surface area contributed by atoms with Gasteiger partial charge < -0.3 is 5.11 Å². The van der Waals surface area contributed by atoms with Crippen LogP contribution >= 0.6 is 0 Å². The number of hydrogen-bond donors (Lipinski definition) is 1. The number of benzene rings is 1. The van der Waals surface area contributed by atoms with Crippen molar-refractivity contribution in [1.82, 2.24) is 0 Å². The summed E-state index contributed by atoms with van der Waals surface area (Å²) >= 11 is 0. The van der Waals surface area contributed by atoms with E-state index < -0.39 is 17.2 Å². The predicted molar refractivity (Wildman–Crippen MR) is 58.2 cm³/mol. The maximum atomic E-state index is 13.1. The zero-order valence-corrected chi connectivity index (χ0v) is 9.77. The van der Waals surface area contributed by atoms with E-state index in [1.54, 1.807) is 0 Å². The Morgan fingerprint density at radius 2 is 1.44 bits per heavy atom. The van der Waals surface area contributed by atoms with Gasteiger partial charge in [0.05, 0.1) is 5.60 Å². The SMILES string of the molecule is CC(C)(C)C1(O)Cc2cc(F)c(F)cc2C1. The molecule has 0 bridgehead atoms. The highest BCUT2D eigenvalue weighted by Crippen LogP contribution is 2.42. The number of aliphatic hydroxyl groups is 1. The molecule has 0 spiro atoms. The lowest BCUT2D eigenvalue weighted by Crippen LogP contribution is -2.43. The first-order chi connectivity index (χ1) is 7.23. The van der Waals surface area contributed by atoms with E-state index in [9.17, 15) is 13.9 Å². The summed E-state index contributed by atoms with van der Waals surface area (Å²) in [5.41, 5.74) is 0.224. The molecule has 0 aromatic heterocycles. The van der Waals surface area contributed by atoms with Crippen LogP contribution in [0.2, 0.25) is 0 Å². The van der Waals surface area contributed by atoms with Crippen molar-refractivity contribution in [3.05, 3.63) is 34.9 Å². The largest absolute Gasteiger partial charge is 0.389 e. The summed E-state index contributed by atoms with van der Waals surface area (Å²) in [6.07, 6.45) is 0.784. The molecular formula is C13H16F2O. The van der Waals surface area contributed by atoms with Crippen molar-refractivity contribution in [2.75, 3.05) is 0 Å². The maximum Gasteiger partial charge on any atom is 0.159 e. The van der Waals surface area contributed by atoms with Crippen molar-refractivity contribution in [2.24, 2.45) is 5.41 Å². The van der Waals surface area contributed by atoms with E-state index in [1.165, 1.54) is 12.1 Å². The molecule has 2 rings (SSSR count). The van der Waals surface area contributed by atoms with Crippen LogP contribution in [0, 0.1) is 17.0 Å². The quantitative estimate of drug-likeness (QED) is 0.721. The molecule has 1 aliphatic carbocycles. The molecule has 16 heavy (non-hydrogen) atoms. The van der Waals surface area contributed by atoms with Crippen molar-refractivity contribution >= 4 is 0 Å². The van der Waals surface area contributed by atoms with Crippen molar-refractivity contribution in [3.63, 3.8) is 0 Å². The van der Waals surface area contributed by atoms with Crippen LogP contribution in [0.25, 0.3) is 0 Å². The average Bonchev–Trinajstić information content (AvgIpc) is 2.42. The molecule has 1 nitrogen and oxygen atoms in total. The molecule has 1 aromatic carbocycles. The molecule has 88 valence electrons. The second-order valence-electron chi connectivity index (χ2n) is 5.67. The molecule has 0 amide bonds. The molecule has 1 aromatic rings. The minimum atomic E-state index is -0.907. The predicted octanol–water partition coefficient (Wildman–Crippen LogP) is 2.84. The van der Waals surface area contributed by atoms with E-state index in [0.29, 0.717) is 12.8 Å². The number of fused-ring (bicyclic) bond motifs is 1. The average molecular weight is 226 g/mol. The third-order valence-electron chi connectivity index (χ3n) is 3.60. The summed E-state index contributed by atoms with van der Waals surface area (Å²) in [5.74, 6) is -1.67. The fourth-order valence-corrected chi connectivity index (χ4v) is 2.18. The summed E-state index contributed by atoms with van der Waals surface area (Å²) in [6, 6.07) is 2.41. The molecule has 1 aliphatic rings. The van der Waals surface area contributed by atoms with Gasteiger partial charge in [0.15, 0.2) is 11.6 Å². The van der Waals surface area contributed by atoms with E-state index in [-0.39, 0.29) is 5.41 Å². The molecule has 0 fully saturated rings. The summed E-state index contributed by atoms with van der Waals surface area (Å²) < 4.78 is 26.1. The topological polar surface area (TPSA) is 20.2 Å². The maximum absolute atomic E-state index is 13.1. The Labute approximate surface area is 94.1 Å². The van der Waals surface area contributed by atoms with Gasteiger partial charge in [-0.25, -0.2) is 8.78 Å². The monoisotopic (exact) mass is 226 g/mol. The standard InChI is InChI=1S/C13H16F2O/c1-12(2,3)13(16)6-8-4-10(14)11(15)5-9(8)7-13/h4-5,16H,6-7H2,1-3H3. The van der Waals surface area contributed by atoms with Gasteiger partial charge in [-0.15, -0.1) is 0 Å². The molecule has 0 atom stereocenters. The Morgan fingerprint density at radius 1 is 1.06 bits per heavy atom. The number of rotatable bonds is 0. The normalized spacial score (nSPS) is 18.6. The smallest absolute Gasteiger partial charge is 0.159 e. The van der Waals surface area contributed by atoms with E-state index in [4.69, 9.17) is 0 Å². The van der Waals surface area contributed by atoms with Crippen LogP contribution in [0.5, 0.6) is 0 Å². The van der Waals surface area contributed by atoms with Gasteiger partial charge in [-0.1, -0.05) is 20.8 Å². The Morgan fingerprint density at radius 3 is 1.75 bits per heavy atom. The van der Waals surface area contributed by atoms with Crippen molar-refractivity contribution in [3.8, 4) is 0 Å². The second kappa shape index (κ2) is 3.27. The summed E-state index contributed by atoms with van der Waals surface area (Å²) in [5, 5.41) is 10.5. The fraction of sp³-hybridized carbons (Fsp3) is 0.538. The molecule has 0 unspecified atom stereocenters. The molecule has 0 heterocycles. The first kappa shape index (κ1) is 11.5. The van der Waals surface area contributed by atoms with Crippen LogP contribution in [-0.2, 0) is 12.8 Å². The van der Waals surface area contributed by atoms with Crippen molar-refractivity contribution < 1.29 is 13.9 Å². The zero-order valence-electron chi connectivity index (χ0n) is 9.77. The molecule has 0 saturated carbocycles. The highest BCUT2D eigenvalue weighted by Gasteiger charge is 2.44. The molecule has 0 aliphatic heterocycles. The number of halogens is 2. The molecular weight excluding hydrogens is 210 g/mol. The van der Waals surface area contributed by atoms with Gasteiger partial charge in [-0.2, -0.15) is 0 Å². The highest BCUT2D eigenvalue weighted by molar-refractivity contribution is 5.37. The van der Waals surface area contributed by atoms with E-state index in [2.05, 4.69) is 0 Å². The third kappa shape index (κ3) is 1.63. The molecule has 0 saturated heterocycles. The van der Waals surface area contributed by atoms with E-state index >= 15 is 0 Å². The summed E-state index contributed by atoms with van der Waals surface area (Å²) in [6.45, 7) is 5.81. The Hall–Kier alpha value is -0.960. The Kier molecular flexibility index (Phi) is 2.35. The van der Waals surface area contributed by atoms with Crippen LogP contribution in [0.3, 0.4) is 0 Å². The van der Waals surface area contributed by atoms with Crippen LogP contribution < -0.4 is 0 Å². The second-order valence-corrected chi connectivity index (χ2v) is 5.67. The fourth-order valence-electron chi connectivity index (χ4n) is 2.18. The van der Waals surface area contributed by atoms with Crippen LogP contribution in [-0.4, -0.2) is 10.7 Å². The minimum Gasteiger partial charge on any atom is -0.389 e. The Bertz CT molecular complexity index is 401. The van der Waals surface area contributed by atoms with Gasteiger partial charge in [-0.05, 0) is 28.7 Å². The van der Waals surface area contributed by atoms with Crippen molar-refractivity contribution in [2.45, 2.75) is 39.2 Å². The zero-order chi connectivity index (χ0) is 12.1. The van der Waals surface area contributed by atoms with E-state index in [1.807, 2.05) is 20.8 Å². The highest BCUT2D eigenvalue weighted by atomic mass is 19.2. The lowest BCUT2D eigenvalue weighted by molar-refractivity contribution is -0.0484. The first-order valence-electron chi connectivity index (χ1n) is 5.42. The van der Waals surface area contributed by atoms with Gasteiger partial charge in [0.2, 0.25) is 0 Å². The molecule has 3 heteroatoms. The lowest BCUT2D eigenvalue weighted by Gasteiger charge is -2.36. The van der Waals surface area contributed by atoms with Crippen molar-refractivity contribution in [1.29, 1.82) is 0 Å². The lowest BCUT2D eigenvalue weighted by atomic mass is 9.74. The van der Waals surface area contributed by atoms with Gasteiger partial charge in [0.25, 0.3) is 0 Å². The Balaban J connectivity index is 2.42. The minimum absolute atomic E-state index is 0.307. The third-order valence-corrected chi connectivity index (χ3v) is 3.60. The van der Waals surface area contributed by atoms with Crippen LogP contribution in [0.15, 0.2) is 12.1 Å². The van der Waals surface area contributed by atoms with Gasteiger partial charge in [0.1, 0.15) is 0 Å². The van der Waals surface area contributed by atoms with E-state index in [0.717, 1.165) is 11.1 Å². The van der Waals surface area contributed by atoms with Gasteiger partial charge >= 0.3 is 0 Å². The van der Waals surface area contributed by atoms with Crippen LogP contribution in [0.4, 0.5) is 8.78 Å². The first-order valence-corrected chi connectivity index (χ1v) is 5.42. The summed E-state index contributed by atoms with van der Waals surface area (Å²) in [4.78, 5) is 0. The number of hydrogen-bond acceptors (Lipinski definition) is 1.